The summed E-state index contributed by atoms with van der Waals surface area (Å²) in [7, 11) is 1.71. The number of nitrogens with zero attached hydrogens (tertiary/aromatic N) is 1. The highest BCUT2D eigenvalue weighted by Crippen LogP contribution is 2.24. The Hall–Kier alpha value is -2.39. The SMILES string of the molecule is COc1ccc(C[N+]2=C(c3cccs3)c3ccccc3CC2)cc1. The lowest BCUT2D eigenvalue weighted by molar-refractivity contribution is -0.544. The predicted octanol–water partition coefficient (Wildman–Crippen LogP) is 4.36. The Labute approximate surface area is 146 Å². The van der Waals surface area contributed by atoms with Gasteiger partial charge in [-0.1, -0.05) is 24.3 Å². The van der Waals surface area contributed by atoms with Crippen molar-refractivity contribution in [3.8, 4) is 5.75 Å². The summed E-state index contributed by atoms with van der Waals surface area (Å²) >= 11 is 1.81. The predicted molar refractivity (Wildman–Crippen MR) is 99.5 cm³/mol. The smallest absolute Gasteiger partial charge is 0.225 e. The van der Waals surface area contributed by atoms with Gasteiger partial charge in [-0.15, -0.1) is 11.3 Å². The first-order chi connectivity index (χ1) is 11.8. The molecule has 120 valence electrons. The molecule has 0 fully saturated rings. The van der Waals surface area contributed by atoms with Crippen LogP contribution in [0, 0.1) is 0 Å². The minimum Gasteiger partial charge on any atom is -0.497 e. The maximum absolute atomic E-state index is 5.27. The van der Waals surface area contributed by atoms with Gasteiger partial charge in [0.2, 0.25) is 5.71 Å². The minimum atomic E-state index is 0.908. The van der Waals surface area contributed by atoms with E-state index in [9.17, 15) is 0 Å². The minimum absolute atomic E-state index is 0.908. The van der Waals surface area contributed by atoms with Crippen molar-refractivity contribution in [2.75, 3.05) is 13.7 Å². The number of thiophene rings is 1. The summed E-state index contributed by atoms with van der Waals surface area (Å²) in [6, 6.07) is 21.6. The lowest BCUT2D eigenvalue weighted by Gasteiger charge is -2.18. The zero-order valence-corrected chi connectivity index (χ0v) is 14.6. The van der Waals surface area contributed by atoms with E-state index in [1.807, 2.05) is 23.5 Å². The number of methoxy groups -OCH3 is 1. The summed E-state index contributed by atoms with van der Waals surface area (Å²) in [5.74, 6) is 0.908. The van der Waals surface area contributed by atoms with Crippen LogP contribution in [-0.2, 0) is 13.0 Å². The van der Waals surface area contributed by atoms with Gasteiger partial charge < -0.3 is 4.74 Å². The molecule has 0 atom stereocenters. The van der Waals surface area contributed by atoms with Crippen LogP contribution in [0.2, 0.25) is 0 Å². The Kier molecular flexibility index (Phi) is 4.18. The Morgan fingerprint density at radius 2 is 1.83 bits per heavy atom. The molecule has 4 rings (SSSR count). The van der Waals surface area contributed by atoms with Crippen LogP contribution in [-0.4, -0.2) is 23.9 Å². The van der Waals surface area contributed by atoms with Crippen LogP contribution in [0.5, 0.6) is 5.75 Å². The van der Waals surface area contributed by atoms with E-state index in [0.29, 0.717) is 0 Å². The van der Waals surface area contributed by atoms with Crippen molar-refractivity contribution in [1.82, 2.24) is 0 Å². The van der Waals surface area contributed by atoms with Crippen LogP contribution in [0.3, 0.4) is 0 Å². The molecule has 2 heterocycles. The first-order valence-corrected chi connectivity index (χ1v) is 9.10. The highest BCUT2D eigenvalue weighted by Gasteiger charge is 2.27. The fourth-order valence-electron chi connectivity index (χ4n) is 3.32. The van der Waals surface area contributed by atoms with E-state index in [1.54, 1.807) is 7.11 Å². The van der Waals surface area contributed by atoms with Crippen molar-refractivity contribution in [2.24, 2.45) is 0 Å². The number of ether oxygens (including phenoxy) is 1. The summed E-state index contributed by atoms with van der Waals surface area (Å²) < 4.78 is 7.78. The molecule has 1 aliphatic rings. The van der Waals surface area contributed by atoms with E-state index < -0.39 is 0 Å². The van der Waals surface area contributed by atoms with Gasteiger partial charge in [-0.3, -0.25) is 0 Å². The molecular weight excluding hydrogens is 314 g/mol. The Bertz CT molecular complexity index is 863. The molecule has 0 spiro atoms. The first-order valence-electron chi connectivity index (χ1n) is 8.22. The monoisotopic (exact) mass is 334 g/mol. The van der Waals surface area contributed by atoms with E-state index in [1.165, 1.54) is 27.3 Å². The van der Waals surface area contributed by atoms with E-state index in [-0.39, 0.29) is 0 Å². The zero-order chi connectivity index (χ0) is 16.4. The number of benzene rings is 2. The van der Waals surface area contributed by atoms with Crippen LogP contribution in [0.15, 0.2) is 66.0 Å². The normalized spacial score (nSPS) is 13.7. The summed E-state index contributed by atoms with van der Waals surface area (Å²) in [6.07, 6.45) is 1.10. The van der Waals surface area contributed by atoms with E-state index in [0.717, 1.165) is 25.3 Å². The van der Waals surface area contributed by atoms with E-state index in [4.69, 9.17) is 4.74 Å². The molecule has 0 aliphatic carbocycles. The van der Waals surface area contributed by atoms with Gasteiger partial charge in [-0.25, -0.2) is 4.58 Å². The number of hydrogen-bond acceptors (Lipinski definition) is 2. The third-order valence-corrected chi connectivity index (χ3v) is 5.40. The van der Waals surface area contributed by atoms with Gasteiger partial charge >= 0.3 is 0 Å². The quantitative estimate of drug-likeness (QED) is 0.646. The van der Waals surface area contributed by atoms with Crippen LogP contribution in [0.1, 0.15) is 21.6 Å². The van der Waals surface area contributed by atoms with Gasteiger partial charge in [0.1, 0.15) is 12.3 Å². The summed E-state index contributed by atoms with van der Waals surface area (Å²) in [4.78, 5) is 1.34. The summed E-state index contributed by atoms with van der Waals surface area (Å²) in [5.41, 5.74) is 5.50. The van der Waals surface area contributed by atoms with Gasteiger partial charge in [0.05, 0.1) is 17.6 Å². The molecule has 0 amide bonds. The summed E-state index contributed by atoms with van der Waals surface area (Å²) in [6.45, 7) is 1.97. The Balaban J connectivity index is 1.77. The van der Waals surface area contributed by atoms with E-state index in [2.05, 4.69) is 58.5 Å². The second-order valence-electron chi connectivity index (χ2n) is 6.00. The van der Waals surface area contributed by atoms with Crippen LogP contribution in [0.25, 0.3) is 0 Å². The second-order valence-corrected chi connectivity index (χ2v) is 6.95. The molecule has 0 unspecified atom stereocenters. The molecule has 3 aromatic rings. The van der Waals surface area contributed by atoms with Crippen molar-refractivity contribution >= 4 is 17.0 Å². The standard InChI is InChI=1S/C21H20NOS/c1-23-18-10-8-16(9-11-18)15-22-13-12-17-5-2-3-6-19(17)21(22)20-7-4-14-24-20/h2-11,14H,12-13,15H2,1H3/q+1. The van der Waals surface area contributed by atoms with Gasteiger partial charge in [0, 0.05) is 12.0 Å². The largest absolute Gasteiger partial charge is 0.497 e. The molecule has 0 saturated heterocycles. The van der Waals surface area contributed by atoms with Crippen molar-refractivity contribution in [2.45, 2.75) is 13.0 Å². The van der Waals surface area contributed by atoms with Gasteiger partial charge in [0.15, 0.2) is 6.54 Å². The maximum atomic E-state index is 5.27. The first kappa shape index (κ1) is 15.2. The molecule has 0 N–H and O–H groups in total. The lowest BCUT2D eigenvalue weighted by Crippen LogP contribution is -2.30. The zero-order valence-electron chi connectivity index (χ0n) is 13.7. The number of hydrogen-bond donors (Lipinski definition) is 0. The molecule has 0 saturated carbocycles. The molecule has 24 heavy (non-hydrogen) atoms. The van der Waals surface area contributed by atoms with Crippen molar-refractivity contribution in [3.05, 3.63) is 87.6 Å². The molecule has 2 nitrogen and oxygen atoms in total. The van der Waals surface area contributed by atoms with Crippen LogP contribution in [0.4, 0.5) is 0 Å². The molecule has 0 bridgehead atoms. The van der Waals surface area contributed by atoms with Gasteiger partial charge in [-0.05, 0) is 47.3 Å². The Morgan fingerprint density at radius 3 is 2.58 bits per heavy atom. The molecule has 1 aliphatic heterocycles. The molecule has 2 aromatic carbocycles. The third-order valence-electron chi connectivity index (χ3n) is 4.53. The molecule has 0 radical (unpaired) electrons. The van der Waals surface area contributed by atoms with Gasteiger partial charge in [0.25, 0.3) is 0 Å². The second kappa shape index (κ2) is 6.62. The molecular formula is C21H20NOS+. The fourth-order valence-corrected chi connectivity index (χ4v) is 4.13. The summed E-state index contributed by atoms with van der Waals surface area (Å²) in [5, 5.41) is 2.16. The number of rotatable bonds is 4. The maximum Gasteiger partial charge on any atom is 0.225 e. The van der Waals surface area contributed by atoms with Crippen molar-refractivity contribution in [1.29, 1.82) is 0 Å². The van der Waals surface area contributed by atoms with Crippen molar-refractivity contribution in [3.63, 3.8) is 0 Å². The fraction of sp³-hybridized carbons (Fsp3) is 0.190. The molecule has 1 aromatic heterocycles. The number of fused-ring (bicyclic) bond motifs is 1. The average Bonchev–Trinajstić information content (AvgIpc) is 3.16. The van der Waals surface area contributed by atoms with Crippen LogP contribution >= 0.6 is 11.3 Å². The van der Waals surface area contributed by atoms with Crippen molar-refractivity contribution < 1.29 is 9.31 Å². The third kappa shape index (κ3) is 2.87. The highest BCUT2D eigenvalue weighted by molar-refractivity contribution is 7.12. The average molecular weight is 334 g/mol. The highest BCUT2D eigenvalue weighted by atomic mass is 32.1. The topological polar surface area (TPSA) is 12.2 Å². The molecule has 3 heteroatoms. The Morgan fingerprint density at radius 1 is 1.00 bits per heavy atom. The van der Waals surface area contributed by atoms with Gasteiger partial charge in [-0.2, -0.15) is 0 Å². The lowest BCUT2D eigenvalue weighted by atomic mass is 9.95. The van der Waals surface area contributed by atoms with E-state index >= 15 is 0 Å². The van der Waals surface area contributed by atoms with Crippen LogP contribution < -0.4 is 4.74 Å².